The summed E-state index contributed by atoms with van der Waals surface area (Å²) < 4.78 is 20.3. The number of aromatic nitrogens is 2. The molecule has 3 unspecified atom stereocenters. The Morgan fingerprint density at radius 2 is 2.00 bits per heavy atom. The number of rotatable bonds is 6. The number of hydrogen-bond donors (Lipinski definition) is 3. The Balaban J connectivity index is 1.68. The predicted octanol–water partition coefficient (Wildman–Crippen LogP) is 3.82. The first-order valence-corrected chi connectivity index (χ1v) is 10.7. The smallest absolute Gasteiger partial charge is 0.214 e. The largest absolute Gasteiger partial charge is 0.481 e. The maximum absolute atomic E-state index is 15.1. The van der Waals surface area contributed by atoms with E-state index < -0.39 is 0 Å². The lowest BCUT2D eigenvalue weighted by Gasteiger charge is -2.30. The highest BCUT2D eigenvalue weighted by atomic mass is 19.1. The second-order valence-electron chi connectivity index (χ2n) is 8.31. The van der Waals surface area contributed by atoms with Crippen LogP contribution in [0.1, 0.15) is 50.1 Å². The van der Waals surface area contributed by atoms with Gasteiger partial charge in [0.2, 0.25) is 5.88 Å². The third-order valence-electron chi connectivity index (χ3n) is 6.23. The normalized spacial score (nSPS) is 24.6. The molecule has 3 atom stereocenters. The molecule has 0 bridgehead atoms. The van der Waals surface area contributed by atoms with Gasteiger partial charge in [0.05, 0.1) is 7.11 Å². The summed E-state index contributed by atoms with van der Waals surface area (Å²) in [6.45, 7) is 0.992. The van der Waals surface area contributed by atoms with Crippen LogP contribution in [0.3, 0.4) is 0 Å². The Morgan fingerprint density at radius 1 is 1.17 bits per heavy atom. The van der Waals surface area contributed by atoms with Gasteiger partial charge in [-0.2, -0.15) is 0 Å². The first-order valence-electron chi connectivity index (χ1n) is 10.7. The lowest BCUT2D eigenvalue weighted by molar-refractivity contribution is 0.317. The average Bonchev–Trinajstić information content (AvgIpc) is 3.17. The predicted molar refractivity (Wildman–Crippen MR) is 117 cm³/mol. The number of likely N-dealkylation sites (tertiary alicyclic amines) is 1. The van der Waals surface area contributed by atoms with Gasteiger partial charge in [-0.3, -0.25) is 4.90 Å². The van der Waals surface area contributed by atoms with Crippen LogP contribution in [-0.2, 0) is 0 Å². The summed E-state index contributed by atoms with van der Waals surface area (Å²) in [6.07, 6.45) is 7.84. The molecule has 1 saturated carbocycles. The molecular weight excluding hydrogens is 383 g/mol. The molecule has 1 aliphatic heterocycles. The monoisotopic (exact) mass is 414 g/mol. The van der Waals surface area contributed by atoms with E-state index in [9.17, 15) is 0 Å². The Hall–Kier alpha value is -2.45. The third-order valence-corrected chi connectivity index (χ3v) is 6.23. The van der Waals surface area contributed by atoms with Gasteiger partial charge in [0.15, 0.2) is 11.6 Å². The fourth-order valence-corrected chi connectivity index (χ4v) is 4.51. The van der Waals surface area contributed by atoms with Gasteiger partial charge < -0.3 is 21.1 Å². The van der Waals surface area contributed by atoms with Crippen LogP contribution in [0, 0.1) is 5.82 Å². The molecule has 30 heavy (non-hydrogen) atoms. The summed E-state index contributed by atoms with van der Waals surface area (Å²) >= 11 is 0. The van der Waals surface area contributed by atoms with Crippen LogP contribution >= 0.6 is 0 Å². The fourth-order valence-electron chi connectivity index (χ4n) is 4.51. The molecule has 4 N–H and O–H groups in total. The lowest BCUT2D eigenvalue weighted by atomic mass is 9.91. The Bertz CT molecular complexity index is 879. The summed E-state index contributed by atoms with van der Waals surface area (Å²) in [5, 5.41) is 6.64. The standard InChI is InChI=1S/C22H31FN6O/c1-29-11-5-8-19(29)15-13-16(23)22(27-18-7-4-3-6-17(18)24)28-21(15)26-14-9-10-25-20(12-14)30-2/h9-10,12-13,17-19H,3-8,11,24H2,1-2H3,(H2,25,26,27,28). The SMILES string of the molecule is COc1cc(Nc2nc(NC3CCCCC3N)c(F)cc2C2CCCN2C)ccn1. The van der Waals surface area contributed by atoms with Crippen molar-refractivity contribution in [2.45, 2.75) is 56.7 Å². The van der Waals surface area contributed by atoms with Crippen molar-refractivity contribution in [2.24, 2.45) is 5.73 Å². The zero-order valence-corrected chi connectivity index (χ0v) is 17.7. The number of nitrogens with two attached hydrogens (primary N) is 1. The van der Waals surface area contributed by atoms with Crippen molar-refractivity contribution >= 4 is 17.3 Å². The molecule has 8 heteroatoms. The highest BCUT2D eigenvalue weighted by molar-refractivity contribution is 5.63. The zero-order chi connectivity index (χ0) is 21.1. The van der Waals surface area contributed by atoms with Gasteiger partial charge >= 0.3 is 0 Å². The summed E-state index contributed by atoms with van der Waals surface area (Å²) in [6, 6.07) is 5.45. The number of pyridine rings is 2. The minimum Gasteiger partial charge on any atom is -0.481 e. The molecule has 3 heterocycles. The number of halogens is 1. The number of methoxy groups -OCH3 is 1. The molecule has 0 radical (unpaired) electrons. The van der Waals surface area contributed by atoms with Crippen molar-refractivity contribution in [3.8, 4) is 5.88 Å². The average molecular weight is 415 g/mol. The summed E-state index contributed by atoms with van der Waals surface area (Å²) in [5.74, 6) is 1.08. The van der Waals surface area contributed by atoms with Gasteiger partial charge in [-0.25, -0.2) is 14.4 Å². The molecule has 2 aliphatic rings. The minimum atomic E-state index is -0.332. The van der Waals surface area contributed by atoms with Gasteiger partial charge in [0.25, 0.3) is 0 Å². The van der Waals surface area contributed by atoms with Crippen molar-refractivity contribution < 1.29 is 9.13 Å². The molecule has 1 saturated heterocycles. The van der Waals surface area contributed by atoms with Crippen LogP contribution < -0.4 is 21.1 Å². The van der Waals surface area contributed by atoms with Gasteiger partial charge in [0.1, 0.15) is 5.82 Å². The van der Waals surface area contributed by atoms with Crippen molar-refractivity contribution in [1.82, 2.24) is 14.9 Å². The number of anilines is 3. The molecule has 2 aromatic rings. The van der Waals surface area contributed by atoms with Crippen molar-refractivity contribution in [2.75, 3.05) is 31.3 Å². The first-order chi connectivity index (χ1) is 14.5. The van der Waals surface area contributed by atoms with Crippen molar-refractivity contribution in [1.29, 1.82) is 0 Å². The van der Waals surface area contributed by atoms with E-state index in [0.717, 1.165) is 56.3 Å². The Labute approximate surface area is 177 Å². The highest BCUT2D eigenvalue weighted by Gasteiger charge is 2.29. The van der Waals surface area contributed by atoms with Crippen LogP contribution in [0.5, 0.6) is 5.88 Å². The summed E-state index contributed by atoms with van der Waals surface area (Å²) in [7, 11) is 3.65. The summed E-state index contributed by atoms with van der Waals surface area (Å²) in [5.41, 5.74) is 7.92. The van der Waals surface area contributed by atoms with E-state index in [2.05, 4.69) is 32.5 Å². The first kappa shape index (κ1) is 20.8. The molecule has 2 aromatic heterocycles. The van der Waals surface area contributed by atoms with E-state index in [0.29, 0.717) is 11.7 Å². The number of nitrogens with one attached hydrogen (secondary N) is 2. The Kier molecular flexibility index (Phi) is 6.34. The third kappa shape index (κ3) is 4.49. The van der Waals surface area contributed by atoms with Crippen molar-refractivity contribution in [3.63, 3.8) is 0 Å². The number of nitrogens with zero attached hydrogens (tertiary/aromatic N) is 3. The van der Waals surface area contributed by atoms with E-state index in [1.165, 1.54) is 0 Å². The fraction of sp³-hybridized carbons (Fsp3) is 0.545. The molecule has 7 nitrogen and oxygen atoms in total. The van der Waals surface area contributed by atoms with Gasteiger partial charge in [-0.15, -0.1) is 0 Å². The molecule has 0 spiro atoms. The number of hydrogen-bond acceptors (Lipinski definition) is 7. The highest BCUT2D eigenvalue weighted by Crippen LogP contribution is 2.37. The van der Waals surface area contributed by atoms with Crippen molar-refractivity contribution in [3.05, 3.63) is 35.8 Å². The van der Waals surface area contributed by atoms with E-state index in [1.54, 1.807) is 25.4 Å². The molecule has 162 valence electrons. The van der Waals surface area contributed by atoms with E-state index in [1.807, 2.05) is 6.07 Å². The van der Waals surface area contributed by atoms with Gasteiger partial charge in [0, 0.05) is 41.6 Å². The maximum atomic E-state index is 15.1. The molecule has 2 fully saturated rings. The zero-order valence-electron chi connectivity index (χ0n) is 17.7. The summed E-state index contributed by atoms with van der Waals surface area (Å²) in [4.78, 5) is 11.1. The maximum Gasteiger partial charge on any atom is 0.214 e. The quantitative estimate of drug-likeness (QED) is 0.662. The van der Waals surface area contributed by atoms with E-state index in [-0.39, 0.29) is 29.8 Å². The second-order valence-corrected chi connectivity index (χ2v) is 8.31. The van der Waals surface area contributed by atoms with Crippen LogP contribution in [0.4, 0.5) is 21.7 Å². The van der Waals surface area contributed by atoms with Crippen LogP contribution in [0.2, 0.25) is 0 Å². The molecule has 0 aromatic carbocycles. The van der Waals surface area contributed by atoms with E-state index in [4.69, 9.17) is 10.5 Å². The van der Waals surface area contributed by atoms with Crippen LogP contribution in [0.25, 0.3) is 0 Å². The molecular formula is C22H31FN6O. The molecule has 1 aliphatic carbocycles. The van der Waals surface area contributed by atoms with Gasteiger partial charge in [-0.05, 0) is 51.4 Å². The second kappa shape index (κ2) is 9.14. The lowest BCUT2D eigenvalue weighted by Crippen LogP contribution is -2.43. The number of ether oxygens (including phenoxy) is 1. The van der Waals surface area contributed by atoms with Gasteiger partial charge in [-0.1, -0.05) is 12.8 Å². The van der Waals surface area contributed by atoms with E-state index >= 15 is 4.39 Å². The molecule has 4 rings (SSSR count). The minimum absolute atomic E-state index is 0.0152. The van der Waals surface area contributed by atoms with Crippen LogP contribution in [0.15, 0.2) is 24.4 Å². The van der Waals surface area contributed by atoms with Crippen LogP contribution in [-0.4, -0.2) is 47.7 Å². The molecule has 0 amide bonds. The Morgan fingerprint density at radius 3 is 2.73 bits per heavy atom. The topological polar surface area (TPSA) is 88.3 Å².